The average molecular weight is 284 g/mol. The maximum Gasteiger partial charge on any atom is 0.287 e. The van der Waals surface area contributed by atoms with Crippen molar-refractivity contribution in [2.45, 2.75) is 52.0 Å². The Balaban J connectivity index is 1.93. The number of halogens is 1. The highest BCUT2D eigenvalue weighted by Gasteiger charge is 2.17. The number of nitrogens with zero attached hydrogens (tertiary/aromatic N) is 2. The van der Waals surface area contributed by atoms with E-state index in [-0.39, 0.29) is 10.6 Å². The molecule has 0 amide bonds. The van der Waals surface area contributed by atoms with Crippen LogP contribution < -0.4 is 10.9 Å². The van der Waals surface area contributed by atoms with E-state index < -0.39 is 0 Å². The lowest BCUT2D eigenvalue weighted by Gasteiger charge is -2.25. The molecule has 0 aliphatic heterocycles. The van der Waals surface area contributed by atoms with E-state index in [0.717, 1.165) is 31.7 Å². The van der Waals surface area contributed by atoms with Crippen molar-refractivity contribution < 1.29 is 0 Å². The summed E-state index contributed by atoms with van der Waals surface area (Å²) in [6.07, 6.45) is 8.83. The van der Waals surface area contributed by atoms with Crippen LogP contribution in [0, 0.1) is 5.92 Å². The first-order valence-electron chi connectivity index (χ1n) is 7.22. The normalized spacial score (nSPS) is 15.3. The quantitative estimate of drug-likeness (QED) is 0.835. The molecule has 19 heavy (non-hydrogen) atoms. The molecular weight excluding hydrogens is 262 g/mol. The molecule has 1 aliphatic rings. The van der Waals surface area contributed by atoms with Crippen LogP contribution in [0.3, 0.4) is 0 Å². The Kier molecular flexibility index (Phi) is 5.25. The molecule has 2 rings (SSSR count). The Morgan fingerprint density at radius 2 is 2.32 bits per heavy atom. The van der Waals surface area contributed by atoms with Gasteiger partial charge in [0.15, 0.2) is 0 Å². The zero-order valence-corrected chi connectivity index (χ0v) is 12.2. The first kappa shape index (κ1) is 14.4. The summed E-state index contributed by atoms with van der Waals surface area (Å²) in [7, 11) is 0. The number of rotatable bonds is 7. The molecule has 5 heteroatoms. The minimum atomic E-state index is -0.191. The SMILES string of the molecule is CCCCn1ncc(NCCC2CCC2)c(Cl)c1=O. The summed E-state index contributed by atoms with van der Waals surface area (Å²) in [5.41, 5.74) is 0.475. The predicted octanol–water partition coefficient (Wildman–Crippen LogP) is 3.30. The van der Waals surface area contributed by atoms with Gasteiger partial charge in [-0.05, 0) is 18.8 Å². The first-order valence-corrected chi connectivity index (χ1v) is 7.59. The Morgan fingerprint density at radius 1 is 1.53 bits per heavy atom. The Labute approximate surface area is 119 Å². The lowest BCUT2D eigenvalue weighted by Crippen LogP contribution is -2.25. The van der Waals surface area contributed by atoms with Crippen LogP contribution in [0.5, 0.6) is 0 Å². The van der Waals surface area contributed by atoms with Gasteiger partial charge in [-0.15, -0.1) is 0 Å². The second-order valence-corrected chi connectivity index (χ2v) is 5.64. The van der Waals surface area contributed by atoms with Gasteiger partial charge >= 0.3 is 0 Å². The van der Waals surface area contributed by atoms with Crippen LogP contribution in [0.15, 0.2) is 11.0 Å². The Bertz CT molecular complexity index is 468. The van der Waals surface area contributed by atoms with Gasteiger partial charge in [-0.2, -0.15) is 5.10 Å². The molecule has 1 aromatic rings. The molecule has 1 N–H and O–H groups in total. The first-order chi connectivity index (χ1) is 9.22. The summed E-state index contributed by atoms with van der Waals surface area (Å²) in [6, 6.07) is 0. The van der Waals surface area contributed by atoms with Gasteiger partial charge in [-0.25, -0.2) is 4.68 Å². The van der Waals surface area contributed by atoms with Gasteiger partial charge in [-0.1, -0.05) is 44.2 Å². The molecular formula is C14H22ClN3O. The van der Waals surface area contributed by atoms with Gasteiger partial charge in [-0.3, -0.25) is 4.79 Å². The maximum atomic E-state index is 12.0. The molecule has 4 nitrogen and oxygen atoms in total. The van der Waals surface area contributed by atoms with Crippen molar-refractivity contribution in [2.24, 2.45) is 5.92 Å². The van der Waals surface area contributed by atoms with Crippen molar-refractivity contribution in [3.63, 3.8) is 0 Å². The molecule has 0 unspecified atom stereocenters. The van der Waals surface area contributed by atoms with Crippen LogP contribution in [-0.2, 0) is 6.54 Å². The number of anilines is 1. The van der Waals surface area contributed by atoms with Crippen molar-refractivity contribution in [1.82, 2.24) is 9.78 Å². The van der Waals surface area contributed by atoms with Crippen molar-refractivity contribution in [3.05, 3.63) is 21.6 Å². The van der Waals surface area contributed by atoms with E-state index in [4.69, 9.17) is 11.6 Å². The highest BCUT2D eigenvalue weighted by molar-refractivity contribution is 6.32. The molecule has 0 saturated heterocycles. The summed E-state index contributed by atoms with van der Waals surface area (Å²) in [6.45, 7) is 3.59. The van der Waals surface area contributed by atoms with Gasteiger partial charge in [0.25, 0.3) is 5.56 Å². The lowest BCUT2D eigenvalue weighted by atomic mass is 9.83. The highest BCUT2D eigenvalue weighted by atomic mass is 35.5. The van der Waals surface area contributed by atoms with E-state index in [9.17, 15) is 4.79 Å². The van der Waals surface area contributed by atoms with Crippen molar-refractivity contribution >= 4 is 17.3 Å². The standard InChI is InChI=1S/C14H22ClN3O/c1-2-3-9-18-14(19)13(15)12(10-17-18)16-8-7-11-5-4-6-11/h10-11,16H,2-9H2,1H3. The minimum Gasteiger partial charge on any atom is -0.382 e. The molecule has 1 aromatic heterocycles. The topological polar surface area (TPSA) is 46.9 Å². The number of hydrogen-bond donors (Lipinski definition) is 1. The van der Waals surface area contributed by atoms with Gasteiger partial charge in [0.05, 0.1) is 11.9 Å². The number of aryl methyl sites for hydroxylation is 1. The third kappa shape index (κ3) is 3.72. The molecule has 1 aliphatic carbocycles. The smallest absolute Gasteiger partial charge is 0.287 e. The summed E-state index contributed by atoms with van der Waals surface area (Å²) in [5, 5.41) is 7.66. The summed E-state index contributed by atoms with van der Waals surface area (Å²) in [5.74, 6) is 0.851. The van der Waals surface area contributed by atoms with Crippen LogP contribution in [-0.4, -0.2) is 16.3 Å². The second-order valence-electron chi connectivity index (χ2n) is 5.27. The van der Waals surface area contributed by atoms with Crippen LogP contribution in [0.1, 0.15) is 45.4 Å². The molecule has 106 valence electrons. The van der Waals surface area contributed by atoms with Gasteiger partial charge in [0, 0.05) is 13.1 Å². The van der Waals surface area contributed by atoms with Crippen LogP contribution >= 0.6 is 11.6 Å². The maximum absolute atomic E-state index is 12.0. The van der Waals surface area contributed by atoms with Gasteiger partial charge in [0.2, 0.25) is 0 Å². The zero-order chi connectivity index (χ0) is 13.7. The van der Waals surface area contributed by atoms with Crippen molar-refractivity contribution in [1.29, 1.82) is 0 Å². The largest absolute Gasteiger partial charge is 0.382 e. The van der Waals surface area contributed by atoms with E-state index in [1.807, 2.05) is 0 Å². The Hall–Kier alpha value is -1.03. The summed E-state index contributed by atoms with van der Waals surface area (Å²) in [4.78, 5) is 12.0. The fourth-order valence-electron chi connectivity index (χ4n) is 2.25. The number of unbranched alkanes of at least 4 members (excludes halogenated alkanes) is 1. The zero-order valence-electron chi connectivity index (χ0n) is 11.5. The molecule has 1 heterocycles. The molecule has 0 atom stereocenters. The van der Waals surface area contributed by atoms with E-state index in [2.05, 4.69) is 17.3 Å². The summed E-state index contributed by atoms with van der Waals surface area (Å²) < 4.78 is 1.45. The van der Waals surface area contributed by atoms with Gasteiger partial charge in [0.1, 0.15) is 5.02 Å². The molecule has 0 spiro atoms. The molecule has 0 radical (unpaired) electrons. The number of hydrogen-bond acceptors (Lipinski definition) is 3. The van der Waals surface area contributed by atoms with E-state index in [1.54, 1.807) is 6.20 Å². The molecule has 1 saturated carbocycles. The monoisotopic (exact) mass is 283 g/mol. The third-order valence-electron chi connectivity index (χ3n) is 3.80. The fourth-order valence-corrected chi connectivity index (χ4v) is 2.46. The van der Waals surface area contributed by atoms with Gasteiger partial charge < -0.3 is 5.32 Å². The van der Waals surface area contributed by atoms with Crippen molar-refractivity contribution in [2.75, 3.05) is 11.9 Å². The molecule has 0 aromatic carbocycles. The summed E-state index contributed by atoms with van der Waals surface area (Å²) >= 11 is 6.10. The lowest BCUT2D eigenvalue weighted by molar-refractivity contribution is 0.303. The van der Waals surface area contributed by atoms with E-state index in [1.165, 1.54) is 23.9 Å². The number of aromatic nitrogens is 2. The van der Waals surface area contributed by atoms with E-state index in [0.29, 0.717) is 12.2 Å². The van der Waals surface area contributed by atoms with Crippen LogP contribution in [0.4, 0.5) is 5.69 Å². The molecule has 1 fully saturated rings. The number of nitrogens with one attached hydrogen (secondary N) is 1. The van der Waals surface area contributed by atoms with Crippen LogP contribution in [0.25, 0.3) is 0 Å². The van der Waals surface area contributed by atoms with Crippen molar-refractivity contribution in [3.8, 4) is 0 Å². The molecule has 0 bridgehead atoms. The fraction of sp³-hybridized carbons (Fsp3) is 0.714. The predicted molar refractivity (Wildman–Crippen MR) is 78.9 cm³/mol. The third-order valence-corrected chi connectivity index (χ3v) is 4.17. The average Bonchev–Trinajstić information content (AvgIpc) is 2.36. The minimum absolute atomic E-state index is 0.191. The van der Waals surface area contributed by atoms with Crippen LogP contribution in [0.2, 0.25) is 5.02 Å². The van der Waals surface area contributed by atoms with E-state index >= 15 is 0 Å². The Morgan fingerprint density at radius 3 is 2.95 bits per heavy atom. The second kappa shape index (κ2) is 6.94. The highest BCUT2D eigenvalue weighted by Crippen LogP contribution is 2.29.